The maximum absolute atomic E-state index is 12.3. The van der Waals surface area contributed by atoms with Gasteiger partial charge < -0.3 is 4.74 Å². The average Bonchev–Trinajstić information content (AvgIpc) is 2.91. The number of rotatable bonds is 5. The molecule has 0 unspecified atom stereocenters. The van der Waals surface area contributed by atoms with E-state index in [4.69, 9.17) is 4.74 Å². The molecule has 1 aliphatic rings. The molecular formula is C16H21NO3. The number of nitrogens with zero attached hydrogens (tertiary/aromatic N) is 1. The van der Waals surface area contributed by atoms with E-state index in [1.54, 1.807) is 0 Å². The summed E-state index contributed by atoms with van der Waals surface area (Å²) in [5, 5.41) is 0. The highest BCUT2D eigenvalue weighted by atomic mass is 16.6. The molecule has 0 radical (unpaired) electrons. The smallest absolute Gasteiger partial charge is 0.416 e. The van der Waals surface area contributed by atoms with Crippen LogP contribution in [0, 0.1) is 5.92 Å². The number of hydrogen-bond acceptors (Lipinski definition) is 3. The van der Waals surface area contributed by atoms with E-state index in [0.29, 0.717) is 25.5 Å². The van der Waals surface area contributed by atoms with Gasteiger partial charge in [-0.1, -0.05) is 50.6 Å². The van der Waals surface area contributed by atoms with E-state index in [1.165, 1.54) is 4.90 Å². The van der Waals surface area contributed by atoms with Crippen LogP contribution in [0.4, 0.5) is 4.79 Å². The van der Waals surface area contributed by atoms with Gasteiger partial charge in [0.15, 0.2) is 0 Å². The van der Waals surface area contributed by atoms with Gasteiger partial charge in [-0.15, -0.1) is 0 Å². The standard InChI is InChI=1S/C16H21NO3/c1-3-12(2)14(13-7-5-4-6-8-13)11-15(18)17-9-10-20-16(17)19/h4-8,12,14H,3,9-11H2,1-2H3/t12-,14-/m1/s1. The minimum absolute atomic E-state index is 0.137. The van der Waals surface area contributed by atoms with E-state index in [0.717, 1.165) is 12.0 Å². The van der Waals surface area contributed by atoms with Gasteiger partial charge in [-0.25, -0.2) is 9.69 Å². The van der Waals surface area contributed by atoms with Crippen LogP contribution in [-0.2, 0) is 9.53 Å². The van der Waals surface area contributed by atoms with Gasteiger partial charge in [-0.2, -0.15) is 0 Å². The first kappa shape index (κ1) is 14.6. The molecule has 20 heavy (non-hydrogen) atoms. The average molecular weight is 275 g/mol. The largest absolute Gasteiger partial charge is 0.447 e. The molecule has 2 rings (SSSR count). The summed E-state index contributed by atoms with van der Waals surface area (Å²) in [6.45, 7) is 4.95. The molecule has 4 nitrogen and oxygen atoms in total. The molecule has 108 valence electrons. The van der Waals surface area contributed by atoms with Crippen molar-refractivity contribution >= 4 is 12.0 Å². The van der Waals surface area contributed by atoms with Crippen LogP contribution in [-0.4, -0.2) is 30.1 Å². The van der Waals surface area contributed by atoms with E-state index in [-0.39, 0.29) is 11.8 Å². The SMILES string of the molecule is CC[C@@H](C)[C@@H](CC(=O)N1CCOC1=O)c1ccccc1. The van der Waals surface area contributed by atoms with E-state index in [2.05, 4.69) is 13.8 Å². The van der Waals surface area contributed by atoms with Crippen LogP contribution in [0.25, 0.3) is 0 Å². The Morgan fingerprint density at radius 2 is 2.05 bits per heavy atom. The van der Waals surface area contributed by atoms with Gasteiger partial charge in [0.1, 0.15) is 6.61 Å². The summed E-state index contributed by atoms with van der Waals surface area (Å²) in [7, 11) is 0. The Balaban J connectivity index is 2.12. The fraction of sp³-hybridized carbons (Fsp3) is 0.500. The van der Waals surface area contributed by atoms with Crippen molar-refractivity contribution < 1.29 is 14.3 Å². The number of benzene rings is 1. The van der Waals surface area contributed by atoms with Crippen LogP contribution in [0.2, 0.25) is 0 Å². The summed E-state index contributed by atoms with van der Waals surface area (Å²) in [5.74, 6) is 0.392. The van der Waals surface area contributed by atoms with Crippen LogP contribution in [0.1, 0.15) is 38.2 Å². The highest BCUT2D eigenvalue weighted by Gasteiger charge is 2.31. The summed E-state index contributed by atoms with van der Waals surface area (Å²) in [6.07, 6.45) is 0.844. The van der Waals surface area contributed by atoms with Crippen LogP contribution in [0.15, 0.2) is 30.3 Å². The molecule has 4 heteroatoms. The number of hydrogen-bond donors (Lipinski definition) is 0. The van der Waals surface area contributed by atoms with Gasteiger partial charge >= 0.3 is 6.09 Å². The fourth-order valence-corrected chi connectivity index (χ4v) is 2.55. The molecule has 1 aliphatic heterocycles. The Kier molecular flexibility index (Phi) is 4.77. The molecule has 1 saturated heterocycles. The van der Waals surface area contributed by atoms with Crippen LogP contribution >= 0.6 is 0 Å². The zero-order valence-electron chi connectivity index (χ0n) is 12.0. The normalized spacial score (nSPS) is 17.7. The lowest BCUT2D eigenvalue weighted by Gasteiger charge is -2.24. The third kappa shape index (κ3) is 3.18. The van der Waals surface area contributed by atoms with Crippen LogP contribution in [0.5, 0.6) is 0 Å². The molecule has 2 atom stereocenters. The zero-order chi connectivity index (χ0) is 14.5. The van der Waals surface area contributed by atoms with Crippen molar-refractivity contribution in [2.45, 2.75) is 32.6 Å². The predicted molar refractivity (Wildman–Crippen MR) is 76.3 cm³/mol. The number of carbonyl (C=O) groups is 2. The second-order valence-electron chi connectivity index (χ2n) is 5.27. The number of imide groups is 1. The van der Waals surface area contributed by atoms with Crippen molar-refractivity contribution in [3.8, 4) is 0 Å². The molecule has 2 amide bonds. The van der Waals surface area contributed by atoms with Gasteiger partial charge in [0.2, 0.25) is 5.91 Å². The Labute approximate surface area is 119 Å². The van der Waals surface area contributed by atoms with E-state index in [9.17, 15) is 9.59 Å². The summed E-state index contributed by atoms with van der Waals surface area (Å²) >= 11 is 0. The fourth-order valence-electron chi connectivity index (χ4n) is 2.55. The Morgan fingerprint density at radius 1 is 1.35 bits per heavy atom. The van der Waals surface area contributed by atoms with Gasteiger partial charge in [-0.05, 0) is 17.4 Å². The third-order valence-electron chi connectivity index (χ3n) is 4.01. The minimum atomic E-state index is -0.508. The van der Waals surface area contributed by atoms with Crippen molar-refractivity contribution in [3.05, 3.63) is 35.9 Å². The Morgan fingerprint density at radius 3 is 2.60 bits per heavy atom. The first-order valence-electron chi connectivity index (χ1n) is 7.15. The monoisotopic (exact) mass is 275 g/mol. The molecule has 0 bridgehead atoms. The number of amides is 2. The van der Waals surface area contributed by atoms with Crippen molar-refractivity contribution in [1.29, 1.82) is 0 Å². The van der Waals surface area contributed by atoms with Crippen molar-refractivity contribution in [2.75, 3.05) is 13.2 Å². The molecule has 0 spiro atoms. The molecule has 0 N–H and O–H groups in total. The quantitative estimate of drug-likeness (QED) is 0.829. The van der Waals surface area contributed by atoms with Crippen LogP contribution < -0.4 is 0 Å². The second-order valence-corrected chi connectivity index (χ2v) is 5.27. The third-order valence-corrected chi connectivity index (χ3v) is 4.01. The number of ether oxygens (including phenoxy) is 1. The molecular weight excluding hydrogens is 254 g/mol. The maximum atomic E-state index is 12.3. The minimum Gasteiger partial charge on any atom is -0.447 e. The van der Waals surface area contributed by atoms with Gasteiger partial charge in [0, 0.05) is 6.42 Å². The maximum Gasteiger partial charge on any atom is 0.416 e. The van der Waals surface area contributed by atoms with E-state index < -0.39 is 6.09 Å². The molecule has 0 aromatic heterocycles. The first-order valence-corrected chi connectivity index (χ1v) is 7.15. The number of cyclic esters (lactones) is 1. The molecule has 0 aliphatic carbocycles. The molecule has 1 fully saturated rings. The zero-order valence-corrected chi connectivity index (χ0v) is 12.0. The lowest BCUT2D eigenvalue weighted by molar-refractivity contribution is -0.128. The number of carbonyl (C=O) groups excluding carboxylic acids is 2. The first-order chi connectivity index (χ1) is 9.63. The van der Waals surface area contributed by atoms with Crippen molar-refractivity contribution in [3.63, 3.8) is 0 Å². The van der Waals surface area contributed by atoms with Crippen molar-refractivity contribution in [1.82, 2.24) is 4.90 Å². The predicted octanol–water partition coefficient (Wildman–Crippen LogP) is 3.19. The summed E-state index contributed by atoms with van der Waals surface area (Å²) in [5.41, 5.74) is 1.16. The highest BCUT2D eigenvalue weighted by Crippen LogP contribution is 2.31. The molecule has 1 aromatic carbocycles. The van der Waals surface area contributed by atoms with Crippen molar-refractivity contribution in [2.24, 2.45) is 5.92 Å². The molecule has 1 heterocycles. The van der Waals surface area contributed by atoms with Gasteiger partial charge in [-0.3, -0.25) is 4.79 Å². The summed E-state index contributed by atoms with van der Waals surface area (Å²) in [4.78, 5) is 25.0. The Hall–Kier alpha value is -1.84. The summed E-state index contributed by atoms with van der Waals surface area (Å²) in [6, 6.07) is 10.0. The lowest BCUT2D eigenvalue weighted by Crippen LogP contribution is -2.33. The van der Waals surface area contributed by atoms with E-state index >= 15 is 0 Å². The van der Waals surface area contributed by atoms with Crippen LogP contribution in [0.3, 0.4) is 0 Å². The highest BCUT2D eigenvalue weighted by molar-refractivity contribution is 5.93. The van der Waals surface area contributed by atoms with E-state index in [1.807, 2.05) is 30.3 Å². The lowest BCUT2D eigenvalue weighted by atomic mass is 9.83. The molecule has 1 aromatic rings. The second kappa shape index (κ2) is 6.55. The topological polar surface area (TPSA) is 46.6 Å². The Bertz CT molecular complexity index is 472. The molecule has 0 saturated carbocycles. The summed E-state index contributed by atoms with van der Waals surface area (Å²) < 4.78 is 4.83. The van der Waals surface area contributed by atoms with Gasteiger partial charge in [0.05, 0.1) is 6.54 Å². The van der Waals surface area contributed by atoms with Gasteiger partial charge in [0.25, 0.3) is 0 Å².